The van der Waals surface area contributed by atoms with Crippen molar-refractivity contribution in [3.8, 4) is 0 Å². The maximum Gasteiger partial charge on any atom is 0.306 e. The molecule has 0 fully saturated rings. The first kappa shape index (κ1) is 75.9. The lowest BCUT2D eigenvalue weighted by atomic mass is 10.0. The van der Waals surface area contributed by atoms with E-state index in [1.165, 1.54) is 295 Å². The molecule has 78 heavy (non-hydrogen) atoms. The van der Waals surface area contributed by atoms with E-state index in [2.05, 4.69) is 45.1 Å². The Labute approximate surface area is 487 Å². The molecule has 0 N–H and O–H groups in total. The van der Waals surface area contributed by atoms with Crippen molar-refractivity contribution in [2.45, 2.75) is 406 Å². The van der Waals surface area contributed by atoms with Gasteiger partial charge < -0.3 is 14.2 Å². The molecule has 6 nitrogen and oxygen atoms in total. The molecule has 0 heterocycles. The third kappa shape index (κ3) is 64.7. The minimum Gasteiger partial charge on any atom is -0.462 e. The first-order valence-corrected chi connectivity index (χ1v) is 35.3. The summed E-state index contributed by atoms with van der Waals surface area (Å²) in [5.74, 6) is -0.839. The van der Waals surface area contributed by atoms with Crippen molar-refractivity contribution in [1.29, 1.82) is 0 Å². The molecule has 0 aliphatic rings. The quantitative estimate of drug-likeness (QED) is 0.0261. The molecule has 0 saturated carbocycles. The Hall–Kier alpha value is -2.11. The van der Waals surface area contributed by atoms with E-state index in [-0.39, 0.29) is 31.1 Å². The van der Waals surface area contributed by atoms with Gasteiger partial charge in [-0.15, -0.1) is 0 Å². The van der Waals surface area contributed by atoms with Crippen LogP contribution < -0.4 is 0 Å². The first-order valence-electron chi connectivity index (χ1n) is 35.3. The van der Waals surface area contributed by atoms with Crippen LogP contribution in [-0.2, 0) is 28.6 Å². The van der Waals surface area contributed by atoms with Crippen molar-refractivity contribution in [2.75, 3.05) is 13.2 Å². The van der Waals surface area contributed by atoms with Crippen LogP contribution in [-0.4, -0.2) is 37.2 Å². The molecule has 0 aliphatic heterocycles. The number of unbranched alkanes of at least 4 members (excludes halogenated alkanes) is 51. The van der Waals surface area contributed by atoms with Crippen molar-refractivity contribution in [1.82, 2.24) is 0 Å². The smallest absolute Gasteiger partial charge is 0.306 e. The highest BCUT2D eigenvalue weighted by atomic mass is 16.6. The normalized spacial score (nSPS) is 12.1. The second-order valence-electron chi connectivity index (χ2n) is 24.2. The van der Waals surface area contributed by atoms with Crippen LogP contribution in [0.4, 0.5) is 0 Å². The molecule has 0 spiro atoms. The Morgan fingerprint density at radius 3 is 0.705 bits per heavy atom. The Balaban J connectivity index is 4.06. The van der Waals surface area contributed by atoms with Gasteiger partial charge in [-0.1, -0.05) is 353 Å². The van der Waals surface area contributed by atoms with Gasteiger partial charge in [-0.2, -0.15) is 0 Å². The van der Waals surface area contributed by atoms with Crippen molar-refractivity contribution in [2.24, 2.45) is 0 Å². The number of hydrogen-bond donors (Lipinski definition) is 0. The molecule has 460 valence electrons. The molecule has 0 aromatic carbocycles. The number of ether oxygens (including phenoxy) is 3. The molecule has 6 heteroatoms. The van der Waals surface area contributed by atoms with E-state index in [4.69, 9.17) is 14.2 Å². The molecule has 1 unspecified atom stereocenters. The monoisotopic (exact) mass is 1100 g/mol. The summed E-state index contributed by atoms with van der Waals surface area (Å²) in [6, 6.07) is 0. The highest BCUT2D eigenvalue weighted by molar-refractivity contribution is 5.71. The molecule has 0 saturated heterocycles. The van der Waals surface area contributed by atoms with E-state index in [1.54, 1.807) is 0 Å². The fraction of sp³-hybridized carbons (Fsp3) is 0.903. The molecular weight excluding hydrogens is 961 g/mol. The SMILES string of the molecule is CCCCCCC/C=C\C/C=C\CCCCCCCCCCCCCCCCCC(=O)OCC(COC(=O)CCCCCCCCCC)OC(=O)CCCCCCCCCCCCCCCCCCCCCCCCCCC. The predicted molar refractivity (Wildman–Crippen MR) is 340 cm³/mol. The lowest BCUT2D eigenvalue weighted by Crippen LogP contribution is -2.30. The van der Waals surface area contributed by atoms with Gasteiger partial charge in [0.05, 0.1) is 0 Å². The zero-order valence-corrected chi connectivity index (χ0v) is 53.0. The molecule has 0 aromatic heterocycles. The molecule has 0 rings (SSSR count). The number of allylic oxidation sites excluding steroid dienone is 4. The zero-order valence-electron chi connectivity index (χ0n) is 53.0. The number of hydrogen-bond acceptors (Lipinski definition) is 6. The highest BCUT2D eigenvalue weighted by Gasteiger charge is 2.19. The van der Waals surface area contributed by atoms with Crippen LogP contribution in [0.2, 0.25) is 0 Å². The van der Waals surface area contributed by atoms with Gasteiger partial charge in [-0.3, -0.25) is 14.4 Å². The fourth-order valence-electron chi connectivity index (χ4n) is 10.9. The lowest BCUT2D eigenvalue weighted by molar-refractivity contribution is -0.167. The summed E-state index contributed by atoms with van der Waals surface area (Å²) in [5, 5.41) is 0. The number of carbonyl (C=O) groups is 3. The summed E-state index contributed by atoms with van der Waals surface area (Å²) in [6.07, 6.45) is 82.3. The van der Waals surface area contributed by atoms with E-state index in [9.17, 15) is 14.4 Å². The van der Waals surface area contributed by atoms with Crippen molar-refractivity contribution >= 4 is 17.9 Å². The summed E-state index contributed by atoms with van der Waals surface area (Å²) in [4.78, 5) is 38.2. The van der Waals surface area contributed by atoms with Crippen LogP contribution in [0.1, 0.15) is 400 Å². The number of rotatable bonds is 66. The van der Waals surface area contributed by atoms with Gasteiger partial charge in [0.15, 0.2) is 6.10 Å². The van der Waals surface area contributed by atoms with Gasteiger partial charge >= 0.3 is 17.9 Å². The maximum absolute atomic E-state index is 12.9. The van der Waals surface area contributed by atoms with E-state index in [0.29, 0.717) is 19.3 Å². The van der Waals surface area contributed by atoms with E-state index in [0.717, 1.165) is 64.2 Å². The predicted octanol–water partition coefficient (Wildman–Crippen LogP) is 24.2. The van der Waals surface area contributed by atoms with Crippen LogP contribution >= 0.6 is 0 Å². The fourth-order valence-corrected chi connectivity index (χ4v) is 10.9. The van der Waals surface area contributed by atoms with E-state index in [1.807, 2.05) is 0 Å². The Kier molecular flexibility index (Phi) is 65.6. The van der Waals surface area contributed by atoms with Gasteiger partial charge in [-0.25, -0.2) is 0 Å². The van der Waals surface area contributed by atoms with Gasteiger partial charge in [0.25, 0.3) is 0 Å². The summed E-state index contributed by atoms with van der Waals surface area (Å²) in [6.45, 7) is 6.68. The van der Waals surface area contributed by atoms with Crippen molar-refractivity contribution in [3.63, 3.8) is 0 Å². The topological polar surface area (TPSA) is 78.9 Å². The minimum absolute atomic E-state index is 0.0648. The molecule has 1 atom stereocenters. The Morgan fingerprint density at radius 1 is 0.256 bits per heavy atom. The third-order valence-electron chi connectivity index (χ3n) is 16.2. The average Bonchev–Trinajstić information content (AvgIpc) is 3.44. The van der Waals surface area contributed by atoms with Crippen LogP contribution in [0.15, 0.2) is 24.3 Å². The lowest BCUT2D eigenvalue weighted by Gasteiger charge is -2.18. The van der Waals surface area contributed by atoms with Crippen molar-refractivity contribution < 1.29 is 28.6 Å². The molecule has 0 bridgehead atoms. The van der Waals surface area contributed by atoms with Gasteiger partial charge in [0.2, 0.25) is 0 Å². The molecule has 0 amide bonds. The first-order chi connectivity index (χ1) is 38.5. The van der Waals surface area contributed by atoms with Crippen LogP contribution in [0.3, 0.4) is 0 Å². The summed E-state index contributed by atoms with van der Waals surface area (Å²) < 4.78 is 16.9. The molecular formula is C72H136O6. The van der Waals surface area contributed by atoms with Gasteiger partial charge in [-0.05, 0) is 51.4 Å². The van der Waals surface area contributed by atoms with E-state index >= 15 is 0 Å². The van der Waals surface area contributed by atoms with Gasteiger partial charge in [0, 0.05) is 19.3 Å². The zero-order chi connectivity index (χ0) is 56.4. The summed E-state index contributed by atoms with van der Waals surface area (Å²) in [5.41, 5.74) is 0. The standard InChI is InChI=1S/C72H136O6/c1-4-7-10-13-16-19-21-23-25-27-29-31-33-35-36-38-39-41-43-45-47-49-51-53-56-59-62-65-71(74)77-68-69(67-76-70(73)64-61-58-55-18-15-12-9-6-3)78-72(75)66-63-60-57-54-52-50-48-46-44-42-40-37-34-32-30-28-26-24-22-20-17-14-11-8-5-2/h21,23,27,29,69H,4-20,22,24-26,28,30-68H2,1-3H3/b23-21-,29-27-. The minimum atomic E-state index is -0.766. The number of carbonyl (C=O) groups excluding carboxylic acids is 3. The average molecular weight is 1100 g/mol. The molecule has 0 aliphatic carbocycles. The van der Waals surface area contributed by atoms with Crippen molar-refractivity contribution in [3.05, 3.63) is 24.3 Å². The second kappa shape index (κ2) is 67.4. The third-order valence-corrected chi connectivity index (χ3v) is 16.2. The van der Waals surface area contributed by atoms with Gasteiger partial charge in [0.1, 0.15) is 13.2 Å². The van der Waals surface area contributed by atoms with Crippen LogP contribution in [0.5, 0.6) is 0 Å². The van der Waals surface area contributed by atoms with Crippen LogP contribution in [0, 0.1) is 0 Å². The Bertz CT molecular complexity index is 1260. The summed E-state index contributed by atoms with van der Waals surface area (Å²) >= 11 is 0. The molecule has 0 aromatic rings. The highest BCUT2D eigenvalue weighted by Crippen LogP contribution is 2.19. The molecule has 0 radical (unpaired) electrons. The largest absolute Gasteiger partial charge is 0.462 e. The second-order valence-corrected chi connectivity index (χ2v) is 24.2. The Morgan fingerprint density at radius 2 is 0.462 bits per heavy atom. The van der Waals surface area contributed by atoms with Crippen LogP contribution in [0.25, 0.3) is 0 Å². The number of esters is 3. The van der Waals surface area contributed by atoms with E-state index < -0.39 is 6.10 Å². The maximum atomic E-state index is 12.9. The summed E-state index contributed by atoms with van der Waals surface area (Å²) in [7, 11) is 0.